The maximum atomic E-state index is 11.3. The van der Waals surface area contributed by atoms with Crippen LogP contribution in [-0.4, -0.2) is 49.3 Å². The van der Waals surface area contributed by atoms with Crippen molar-refractivity contribution < 1.29 is 14.6 Å². The standard InChI is InChI=1S/C11H21NO3/c1-15-11(14)10-4-7-12(8-5-10)6-2-3-9-13/h10,13H,2-9H2,1H3. The fourth-order valence-corrected chi connectivity index (χ4v) is 2.01. The van der Waals surface area contributed by atoms with Crippen LogP contribution in [0.25, 0.3) is 0 Å². The van der Waals surface area contributed by atoms with Gasteiger partial charge in [0.2, 0.25) is 0 Å². The second-order valence-corrected chi connectivity index (χ2v) is 4.07. The number of nitrogens with zero attached hydrogens (tertiary/aromatic N) is 1. The number of esters is 1. The molecule has 4 nitrogen and oxygen atoms in total. The van der Waals surface area contributed by atoms with Crippen molar-refractivity contribution in [1.82, 2.24) is 4.90 Å². The van der Waals surface area contributed by atoms with Gasteiger partial charge in [-0.25, -0.2) is 0 Å². The lowest BCUT2D eigenvalue weighted by atomic mass is 9.97. The van der Waals surface area contributed by atoms with Crippen LogP contribution in [0.15, 0.2) is 0 Å². The van der Waals surface area contributed by atoms with Gasteiger partial charge in [0.1, 0.15) is 0 Å². The average Bonchev–Trinajstić information content (AvgIpc) is 2.29. The molecule has 0 aromatic rings. The topological polar surface area (TPSA) is 49.8 Å². The fourth-order valence-electron chi connectivity index (χ4n) is 2.01. The first-order valence-electron chi connectivity index (χ1n) is 5.69. The normalized spacial score (nSPS) is 19.1. The van der Waals surface area contributed by atoms with E-state index in [9.17, 15) is 4.79 Å². The molecule has 4 heteroatoms. The van der Waals surface area contributed by atoms with Crippen LogP contribution >= 0.6 is 0 Å². The molecular formula is C11H21NO3. The van der Waals surface area contributed by atoms with E-state index in [1.807, 2.05) is 0 Å². The van der Waals surface area contributed by atoms with Gasteiger partial charge < -0.3 is 14.7 Å². The molecule has 0 aromatic carbocycles. The predicted octanol–water partition coefficient (Wildman–Crippen LogP) is 0.644. The van der Waals surface area contributed by atoms with Crippen LogP contribution in [0.5, 0.6) is 0 Å². The van der Waals surface area contributed by atoms with E-state index >= 15 is 0 Å². The van der Waals surface area contributed by atoms with Crippen molar-refractivity contribution in [3.05, 3.63) is 0 Å². The fraction of sp³-hybridized carbons (Fsp3) is 0.909. The second kappa shape index (κ2) is 6.80. The Hall–Kier alpha value is -0.610. The predicted molar refractivity (Wildman–Crippen MR) is 57.5 cm³/mol. The van der Waals surface area contributed by atoms with Crippen LogP contribution < -0.4 is 0 Å². The van der Waals surface area contributed by atoms with Crippen molar-refractivity contribution in [2.24, 2.45) is 5.92 Å². The quantitative estimate of drug-likeness (QED) is 0.540. The van der Waals surface area contributed by atoms with Crippen LogP contribution in [0, 0.1) is 5.92 Å². The van der Waals surface area contributed by atoms with Crippen molar-refractivity contribution in [2.45, 2.75) is 25.7 Å². The number of ether oxygens (including phenoxy) is 1. The van der Waals surface area contributed by atoms with E-state index in [0.717, 1.165) is 45.3 Å². The molecule has 1 rings (SSSR count). The summed E-state index contributed by atoms with van der Waals surface area (Å²) in [5, 5.41) is 8.66. The van der Waals surface area contributed by atoms with Gasteiger partial charge in [-0.3, -0.25) is 4.79 Å². The van der Waals surface area contributed by atoms with Crippen LogP contribution in [-0.2, 0) is 9.53 Å². The first kappa shape index (κ1) is 12.5. The number of hydrogen-bond acceptors (Lipinski definition) is 4. The van der Waals surface area contributed by atoms with Gasteiger partial charge in [-0.1, -0.05) is 0 Å². The van der Waals surface area contributed by atoms with Crippen molar-refractivity contribution >= 4 is 5.97 Å². The Morgan fingerprint density at radius 1 is 1.40 bits per heavy atom. The number of piperidine rings is 1. The Kier molecular flexibility index (Phi) is 5.65. The summed E-state index contributed by atoms with van der Waals surface area (Å²) >= 11 is 0. The summed E-state index contributed by atoms with van der Waals surface area (Å²) in [6.45, 7) is 3.27. The molecule has 0 radical (unpaired) electrons. The number of carbonyl (C=O) groups is 1. The lowest BCUT2D eigenvalue weighted by Crippen LogP contribution is -2.37. The summed E-state index contributed by atoms with van der Waals surface area (Å²) in [5.41, 5.74) is 0. The smallest absolute Gasteiger partial charge is 0.308 e. The Morgan fingerprint density at radius 2 is 2.07 bits per heavy atom. The van der Waals surface area contributed by atoms with E-state index in [-0.39, 0.29) is 18.5 Å². The monoisotopic (exact) mass is 215 g/mol. The maximum absolute atomic E-state index is 11.3. The Bertz CT molecular complexity index is 188. The minimum atomic E-state index is -0.0648. The Balaban J connectivity index is 2.15. The van der Waals surface area contributed by atoms with Gasteiger partial charge in [-0.05, 0) is 45.3 Å². The third-order valence-corrected chi connectivity index (χ3v) is 3.00. The van der Waals surface area contributed by atoms with Crippen molar-refractivity contribution in [1.29, 1.82) is 0 Å². The molecule has 0 saturated carbocycles. The summed E-state index contributed by atoms with van der Waals surface area (Å²) < 4.78 is 4.73. The van der Waals surface area contributed by atoms with Crippen LogP contribution in [0.1, 0.15) is 25.7 Å². The number of carbonyl (C=O) groups excluding carboxylic acids is 1. The highest BCUT2D eigenvalue weighted by atomic mass is 16.5. The summed E-state index contributed by atoms with van der Waals surface area (Å²) in [7, 11) is 1.45. The molecule has 1 fully saturated rings. The molecular weight excluding hydrogens is 194 g/mol. The number of hydrogen-bond donors (Lipinski definition) is 1. The molecule has 1 N–H and O–H groups in total. The lowest BCUT2D eigenvalue weighted by Gasteiger charge is -2.30. The molecule has 0 aliphatic carbocycles. The molecule has 0 unspecified atom stereocenters. The van der Waals surface area contributed by atoms with Gasteiger partial charge in [-0.15, -0.1) is 0 Å². The molecule has 1 aliphatic rings. The highest BCUT2D eigenvalue weighted by Gasteiger charge is 2.24. The molecule has 1 aliphatic heterocycles. The minimum Gasteiger partial charge on any atom is -0.469 e. The van der Waals surface area contributed by atoms with Crippen molar-refractivity contribution in [2.75, 3.05) is 33.4 Å². The van der Waals surface area contributed by atoms with Gasteiger partial charge in [-0.2, -0.15) is 0 Å². The molecule has 88 valence electrons. The summed E-state index contributed by atoms with van der Waals surface area (Å²) in [5.74, 6) is 0.0362. The molecule has 15 heavy (non-hydrogen) atoms. The number of aliphatic hydroxyl groups is 1. The number of aliphatic hydroxyl groups excluding tert-OH is 1. The highest BCUT2D eigenvalue weighted by molar-refractivity contribution is 5.72. The van der Waals surface area contributed by atoms with Gasteiger partial charge in [0.25, 0.3) is 0 Å². The molecule has 0 spiro atoms. The Labute approximate surface area is 91.2 Å². The largest absolute Gasteiger partial charge is 0.469 e. The lowest BCUT2D eigenvalue weighted by molar-refractivity contribution is -0.147. The summed E-state index contributed by atoms with van der Waals surface area (Å²) in [6, 6.07) is 0. The number of unbranched alkanes of at least 4 members (excludes halogenated alkanes) is 1. The van der Waals surface area contributed by atoms with Crippen LogP contribution in [0.2, 0.25) is 0 Å². The number of rotatable bonds is 5. The first-order valence-corrected chi connectivity index (χ1v) is 5.69. The van der Waals surface area contributed by atoms with Gasteiger partial charge in [0, 0.05) is 6.61 Å². The van der Waals surface area contributed by atoms with E-state index in [0.29, 0.717) is 0 Å². The van der Waals surface area contributed by atoms with E-state index in [1.165, 1.54) is 7.11 Å². The average molecular weight is 215 g/mol. The van der Waals surface area contributed by atoms with Gasteiger partial charge >= 0.3 is 5.97 Å². The van der Waals surface area contributed by atoms with E-state index in [4.69, 9.17) is 9.84 Å². The van der Waals surface area contributed by atoms with E-state index in [2.05, 4.69) is 4.90 Å². The summed E-state index contributed by atoms with van der Waals surface area (Å²) in [4.78, 5) is 13.6. The molecule has 0 amide bonds. The zero-order valence-electron chi connectivity index (χ0n) is 9.45. The first-order chi connectivity index (χ1) is 7.27. The number of methoxy groups -OCH3 is 1. The maximum Gasteiger partial charge on any atom is 0.308 e. The molecule has 0 atom stereocenters. The van der Waals surface area contributed by atoms with Crippen molar-refractivity contribution in [3.8, 4) is 0 Å². The van der Waals surface area contributed by atoms with Gasteiger partial charge in [0.05, 0.1) is 13.0 Å². The van der Waals surface area contributed by atoms with Crippen LogP contribution in [0.4, 0.5) is 0 Å². The third kappa shape index (κ3) is 4.18. The number of likely N-dealkylation sites (tertiary alicyclic amines) is 1. The molecule has 1 saturated heterocycles. The van der Waals surface area contributed by atoms with E-state index < -0.39 is 0 Å². The molecule has 1 heterocycles. The van der Waals surface area contributed by atoms with Crippen LogP contribution in [0.3, 0.4) is 0 Å². The SMILES string of the molecule is COC(=O)C1CCN(CCCCO)CC1. The second-order valence-electron chi connectivity index (χ2n) is 4.07. The Morgan fingerprint density at radius 3 is 2.60 bits per heavy atom. The minimum absolute atomic E-state index is 0.0648. The zero-order chi connectivity index (χ0) is 11.1. The third-order valence-electron chi connectivity index (χ3n) is 3.00. The van der Waals surface area contributed by atoms with Gasteiger partial charge in [0.15, 0.2) is 0 Å². The zero-order valence-corrected chi connectivity index (χ0v) is 9.45. The van der Waals surface area contributed by atoms with Crippen molar-refractivity contribution in [3.63, 3.8) is 0 Å². The molecule has 0 aromatic heterocycles. The highest BCUT2D eigenvalue weighted by Crippen LogP contribution is 2.18. The van der Waals surface area contributed by atoms with E-state index in [1.54, 1.807) is 0 Å². The molecule has 0 bridgehead atoms. The summed E-state index contributed by atoms with van der Waals surface area (Å²) in [6.07, 6.45) is 3.73.